The lowest BCUT2D eigenvalue weighted by molar-refractivity contribution is -0.116. The van der Waals surface area contributed by atoms with E-state index in [9.17, 15) is 13.2 Å². The zero-order valence-corrected chi connectivity index (χ0v) is 17.9. The molecule has 1 N–H and O–H groups in total. The molecule has 0 bridgehead atoms. The number of halogens is 2. The summed E-state index contributed by atoms with van der Waals surface area (Å²) in [6.07, 6.45) is 3.37. The van der Waals surface area contributed by atoms with Crippen molar-refractivity contribution in [1.82, 2.24) is 10.2 Å². The topological polar surface area (TPSA) is 92.3 Å². The van der Waals surface area contributed by atoms with Crippen LogP contribution in [-0.2, 0) is 14.8 Å². The monoisotopic (exact) mass is 454 g/mol. The van der Waals surface area contributed by atoms with Crippen LogP contribution in [0.5, 0.6) is 0 Å². The summed E-state index contributed by atoms with van der Waals surface area (Å²) >= 11 is 14.8. The largest absolute Gasteiger partial charge is 0.301 e. The van der Waals surface area contributed by atoms with Crippen molar-refractivity contribution in [3.05, 3.63) is 28.2 Å². The molecule has 1 heterocycles. The Balaban J connectivity index is 1.99. The molecule has 0 aliphatic heterocycles. The molecule has 0 saturated carbocycles. The molecule has 1 aromatic heterocycles. The van der Waals surface area contributed by atoms with E-state index in [1.54, 1.807) is 6.07 Å². The molecule has 0 aliphatic rings. The zero-order chi connectivity index (χ0) is 19.3. The highest BCUT2D eigenvalue weighted by Crippen LogP contribution is 2.31. The molecule has 2 rings (SSSR count). The highest BCUT2D eigenvalue weighted by atomic mass is 35.5. The minimum Gasteiger partial charge on any atom is -0.301 e. The summed E-state index contributed by atoms with van der Waals surface area (Å²) in [6, 6.07) is 4.59. The predicted octanol–water partition coefficient (Wildman–Crippen LogP) is 3.75. The number of sulfonamides is 1. The second-order valence-electron chi connectivity index (χ2n) is 5.16. The lowest BCUT2D eigenvalue weighted by Gasteiger charge is -2.23. The van der Waals surface area contributed by atoms with E-state index in [4.69, 9.17) is 23.2 Å². The molecule has 0 unspecified atom stereocenters. The van der Waals surface area contributed by atoms with E-state index in [0.29, 0.717) is 16.6 Å². The molecule has 142 valence electrons. The van der Waals surface area contributed by atoms with Crippen molar-refractivity contribution in [2.45, 2.75) is 17.2 Å². The molecule has 0 aliphatic carbocycles. The molecule has 0 atom stereocenters. The SMILES string of the molecule is CSc1nnc(NC(=O)CCCN(c2cc(Cl)ccc2Cl)S(C)(=O)=O)s1. The van der Waals surface area contributed by atoms with Crippen LogP contribution in [0.25, 0.3) is 0 Å². The fourth-order valence-electron chi connectivity index (χ4n) is 2.05. The van der Waals surface area contributed by atoms with E-state index in [1.807, 2.05) is 6.26 Å². The number of benzene rings is 1. The highest BCUT2D eigenvalue weighted by Gasteiger charge is 2.20. The average Bonchev–Trinajstić information content (AvgIpc) is 3.00. The van der Waals surface area contributed by atoms with Gasteiger partial charge in [-0.3, -0.25) is 9.10 Å². The van der Waals surface area contributed by atoms with Gasteiger partial charge in [0.25, 0.3) is 0 Å². The number of nitrogens with one attached hydrogen (secondary N) is 1. The first-order valence-electron chi connectivity index (χ1n) is 7.31. The van der Waals surface area contributed by atoms with E-state index in [0.717, 1.165) is 14.9 Å². The maximum atomic E-state index is 12.1. The third kappa shape index (κ3) is 5.98. The van der Waals surface area contributed by atoms with Gasteiger partial charge in [0.1, 0.15) is 0 Å². The molecule has 2 aromatic rings. The summed E-state index contributed by atoms with van der Waals surface area (Å²) in [5.74, 6) is -0.264. The Morgan fingerprint density at radius 1 is 1.35 bits per heavy atom. The molecule has 26 heavy (non-hydrogen) atoms. The van der Waals surface area contributed by atoms with Gasteiger partial charge in [-0.1, -0.05) is 46.3 Å². The average molecular weight is 455 g/mol. The molecule has 0 radical (unpaired) electrons. The second kappa shape index (κ2) is 9.23. The van der Waals surface area contributed by atoms with Crippen molar-refractivity contribution in [1.29, 1.82) is 0 Å². The van der Waals surface area contributed by atoms with Crippen molar-refractivity contribution in [2.24, 2.45) is 0 Å². The number of aromatic nitrogens is 2. The number of nitrogens with zero attached hydrogens (tertiary/aromatic N) is 3. The van der Waals surface area contributed by atoms with Crippen molar-refractivity contribution < 1.29 is 13.2 Å². The number of thioether (sulfide) groups is 1. The first-order chi connectivity index (χ1) is 12.2. The number of rotatable bonds is 8. The Labute approximate surface area is 170 Å². The second-order valence-corrected chi connectivity index (χ2v) is 9.94. The molecule has 7 nitrogen and oxygen atoms in total. The van der Waals surface area contributed by atoms with E-state index >= 15 is 0 Å². The fraction of sp³-hybridized carbons (Fsp3) is 0.357. The van der Waals surface area contributed by atoms with Crippen LogP contribution in [0.2, 0.25) is 10.0 Å². The third-order valence-corrected chi connectivity index (χ3v) is 6.72. The highest BCUT2D eigenvalue weighted by molar-refractivity contribution is 8.00. The number of amides is 1. The van der Waals surface area contributed by atoms with Crippen LogP contribution < -0.4 is 9.62 Å². The lowest BCUT2D eigenvalue weighted by atomic mass is 10.2. The maximum absolute atomic E-state index is 12.1. The zero-order valence-electron chi connectivity index (χ0n) is 13.9. The summed E-state index contributed by atoms with van der Waals surface area (Å²) in [5, 5.41) is 11.4. The van der Waals surface area contributed by atoms with Gasteiger partial charge in [0.15, 0.2) is 4.34 Å². The summed E-state index contributed by atoms with van der Waals surface area (Å²) in [6.45, 7) is 0.0957. The molecule has 12 heteroatoms. The molecule has 1 aromatic carbocycles. The van der Waals surface area contributed by atoms with E-state index < -0.39 is 10.0 Å². The summed E-state index contributed by atoms with van der Waals surface area (Å²) < 4.78 is 26.1. The van der Waals surface area contributed by atoms with Crippen LogP contribution in [-0.4, -0.2) is 43.6 Å². The predicted molar refractivity (Wildman–Crippen MR) is 108 cm³/mol. The van der Waals surface area contributed by atoms with Gasteiger partial charge >= 0.3 is 0 Å². The lowest BCUT2D eigenvalue weighted by Crippen LogP contribution is -2.31. The van der Waals surface area contributed by atoms with Gasteiger partial charge in [-0.05, 0) is 30.9 Å². The minimum atomic E-state index is -3.58. The van der Waals surface area contributed by atoms with Gasteiger partial charge in [-0.2, -0.15) is 0 Å². The Bertz CT molecular complexity index is 889. The summed E-state index contributed by atoms with van der Waals surface area (Å²) in [4.78, 5) is 12.0. The summed E-state index contributed by atoms with van der Waals surface area (Å²) in [7, 11) is -3.58. The fourth-order valence-corrected chi connectivity index (χ4v) is 4.64. The van der Waals surface area contributed by atoms with Crippen molar-refractivity contribution in [3.8, 4) is 0 Å². The molecule has 0 spiro atoms. The van der Waals surface area contributed by atoms with Crippen molar-refractivity contribution in [3.63, 3.8) is 0 Å². The Kier molecular flexibility index (Phi) is 7.53. The van der Waals surface area contributed by atoms with Crippen LogP contribution in [0.3, 0.4) is 0 Å². The molecule has 0 saturated heterocycles. The molecular formula is C14H16Cl2N4O3S3. The number of carbonyl (C=O) groups is 1. The van der Waals surface area contributed by atoms with E-state index in [1.165, 1.54) is 35.2 Å². The van der Waals surface area contributed by atoms with E-state index in [2.05, 4.69) is 15.5 Å². The Morgan fingerprint density at radius 2 is 2.08 bits per heavy atom. The van der Waals surface area contributed by atoms with Crippen molar-refractivity contribution in [2.75, 3.05) is 28.7 Å². The molecule has 1 amide bonds. The molecular weight excluding hydrogens is 439 g/mol. The number of hydrogen-bond donors (Lipinski definition) is 1. The van der Waals surface area contributed by atoms with Gasteiger partial charge in [-0.25, -0.2) is 8.42 Å². The number of carbonyl (C=O) groups excluding carboxylic acids is 1. The van der Waals surface area contributed by atoms with Crippen LogP contribution in [0.1, 0.15) is 12.8 Å². The van der Waals surface area contributed by atoms with Gasteiger partial charge in [0.05, 0.1) is 17.0 Å². The van der Waals surface area contributed by atoms with Crippen LogP contribution in [0, 0.1) is 0 Å². The minimum absolute atomic E-state index is 0.0957. The quantitative estimate of drug-likeness (QED) is 0.482. The van der Waals surface area contributed by atoms with Crippen LogP contribution in [0.15, 0.2) is 22.5 Å². The van der Waals surface area contributed by atoms with Gasteiger partial charge in [0.2, 0.25) is 21.1 Å². The standard InChI is InChI=1S/C14H16Cl2N4O3S3/c1-24-14-19-18-13(25-14)17-12(21)4-3-7-20(26(2,22)23)11-8-9(15)5-6-10(11)16/h5-6,8H,3-4,7H2,1-2H3,(H,17,18,21). The van der Waals surface area contributed by atoms with Crippen molar-refractivity contribution >= 4 is 73.0 Å². The summed E-state index contributed by atoms with van der Waals surface area (Å²) in [5.41, 5.74) is 0.288. The maximum Gasteiger partial charge on any atom is 0.232 e. The van der Waals surface area contributed by atoms with Crippen LogP contribution >= 0.6 is 46.3 Å². The van der Waals surface area contributed by atoms with Gasteiger partial charge < -0.3 is 5.32 Å². The third-order valence-electron chi connectivity index (χ3n) is 3.17. The van der Waals surface area contributed by atoms with E-state index in [-0.39, 0.29) is 29.6 Å². The number of hydrogen-bond acceptors (Lipinski definition) is 7. The first kappa shape index (κ1) is 21.2. The Morgan fingerprint density at radius 3 is 2.69 bits per heavy atom. The molecule has 0 fully saturated rings. The smallest absolute Gasteiger partial charge is 0.232 e. The Hall–Kier alpha value is -1.07. The normalized spacial score (nSPS) is 11.4. The van der Waals surface area contributed by atoms with Gasteiger partial charge in [-0.15, -0.1) is 10.2 Å². The van der Waals surface area contributed by atoms with Gasteiger partial charge in [0, 0.05) is 18.0 Å². The first-order valence-corrected chi connectivity index (χ1v) is 12.0. The van der Waals surface area contributed by atoms with Crippen LogP contribution in [0.4, 0.5) is 10.8 Å². The number of anilines is 2.